The Hall–Kier alpha value is -2.41. The minimum Gasteiger partial charge on any atom is -0.384 e. The van der Waals surface area contributed by atoms with E-state index >= 15 is 0 Å². The molecule has 1 unspecified atom stereocenters. The first-order chi connectivity index (χ1) is 8.01. The molecule has 1 aromatic rings. The Morgan fingerprint density at radius 3 is 2.53 bits per heavy atom. The molecule has 0 fully saturated rings. The zero-order valence-corrected chi connectivity index (χ0v) is 8.83. The lowest BCUT2D eigenvalue weighted by molar-refractivity contribution is -0.384. The van der Waals surface area contributed by atoms with E-state index in [0.29, 0.717) is 11.4 Å². The molecule has 0 saturated heterocycles. The first kappa shape index (κ1) is 11.1. The van der Waals surface area contributed by atoms with E-state index in [2.05, 4.69) is 10.3 Å². The third kappa shape index (κ3) is 2.08. The van der Waals surface area contributed by atoms with Gasteiger partial charge in [0.2, 0.25) is 5.79 Å². The highest BCUT2D eigenvalue weighted by Gasteiger charge is 2.27. The third-order valence-corrected chi connectivity index (χ3v) is 2.38. The molecule has 0 saturated carbocycles. The van der Waals surface area contributed by atoms with Crippen molar-refractivity contribution in [1.82, 2.24) is 5.32 Å². The van der Waals surface area contributed by atoms with E-state index in [-0.39, 0.29) is 5.69 Å². The van der Waals surface area contributed by atoms with Crippen molar-refractivity contribution in [1.29, 1.82) is 0 Å². The summed E-state index contributed by atoms with van der Waals surface area (Å²) in [6.07, 6.45) is 3.17. The summed E-state index contributed by atoms with van der Waals surface area (Å²) in [5.41, 5.74) is 12.2. The Morgan fingerprint density at radius 1 is 1.35 bits per heavy atom. The van der Waals surface area contributed by atoms with Gasteiger partial charge in [0.25, 0.3) is 5.69 Å². The molecule has 1 aromatic carbocycles. The van der Waals surface area contributed by atoms with Crippen LogP contribution in [0.5, 0.6) is 0 Å². The maximum absolute atomic E-state index is 10.5. The summed E-state index contributed by atoms with van der Waals surface area (Å²) in [6.45, 7) is 0. The summed E-state index contributed by atoms with van der Waals surface area (Å²) >= 11 is 0. The second kappa shape index (κ2) is 3.87. The molecule has 88 valence electrons. The summed E-state index contributed by atoms with van der Waals surface area (Å²) in [5.74, 6) is -0.877. The van der Waals surface area contributed by atoms with Gasteiger partial charge in [0.05, 0.1) is 4.92 Å². The van der Waals surface area contributed by atoms with E-state index < -0.39 is 10.7 Å². The molecule has 7 heteroatoms. The van der Waals surface area contributed by atoms with Gasteiger partial charge in [0.15, 0.2) is 0 Å². The second-order valence-electron chi connectivity index (χ2n) is 3.58. The Morgan fingerprint density at radius 2 is 2.00 bits per heavy atom. The molecule has 7 nitrogen and oxygen atoms in total. The molecule has 0 bridgehead atoms. The van der Waals surface area contributed by atoms with E-state index in [1.54, 1.807) is 24.4 Å². The fourth-order valence-corrected chi connectivity index (χ4v) is 1.51. The Kier molecular flexibility index (Phi) is 2.52. The van der Waals surface area contributed by atoms with Crippen LogP contribution in [0.1, 0.15) is 5.56 Å². The van der Waals surface area contributed by atoms with Gasteiger partial charge in [-0.3, -0.25) is 15.8 Å². The average molecular weight is 233 g/mol. The lowest BCUT2D eigenvalue weighted by Gasteiger charge is -2.28. The standard InChI is InChI=1S/C10H11N5O2/c11-9-5-6-13-10(12,14-9)7-1-3-8(4-2-7)15(16)17/h1-6,13H,12H2,(H2,11,14). The highest BCUT2D eigenvalue weighted by molar-refractivity contribution is 5.92. The van der Waals surface area contributed by atoms with E-state index in [1.165, 1.54) is 12.1 Å². The summed E-state index contributed by atoms with van der Waals surface area (Å²) in [5, 5.41) is 13.4. The number of hydrogen-bond acceptors (Lipinski definition) is 6. The van der Waals surface area contributed by atoms with Crippen LogP contribution in [0.15, 0.2) is 41.5 Å². The first-order valence-corrected chi connectivity index (χ1v) is 4.85. The average Bonchev–Trinajstić information content (AvgIpc) is 2.29. The maximum atomic E-state index is 10.5. The van der Waals surface area contributed by atoms with Crippen LogP contribution >= 0.6 is 0 Å². The number of hydrogen-bond donors (Lipinski definition) is 3. The Labute approximate surface area is 97.0 Å². The fourth-order valence-electron chi connectivity index (χ4n) is 1.51. The highest BCUT2D eigenvalue weighted by Crippen LogP contribution is 2.21. The van der Waals surface area contributed by atoms with Crippen LogP contribution in [-0.2, 0) is 5.79 Å². The molecule has 1 aliphatic heterocycles. The summed E-state index contributed by atoms with van der Waals surface area (Å²) in [6, 6.07) is 5.83. The van der Waals surface area contributed by atoms with E-state index in [9.17, 15) is 10.1 Å². The number of nitrogens with two attached hydrogens (primary N) is 2. The number of nitro benzene ring substituents is 1. The van der Waals surface area contributed by atoms with Gasteiger partial charge in [-0.15, -0.1) is 0 Å². The normalized spacial score (nSPS) is 22.8. The quantitative estimate of drug-likeness (QED) is 0.495. The highest BCUT2D eigenvalue weighted by atomic mass is 16.6. The van der Waals surface area contributed by atoms with Crippen LogP contribution in [0.2, 0.25) is 0 Å². The largest absolute Gasteiger partial charge is 0.384 e. The third-order valence-electron chi connectivity index (χ3n) is 2.38. The monoisotopic (exact) mass is 233 g/mol. The molecular weight excluding hydrogens is 222 g/mol. The van der Waals surface area contributed by atoms with Crippen molar-refractivity contribution in [3.05, 3.63) is 52.2 Å². The number of benzene rings is 1. The lowest BCUT2D eigenvalue weighted by atomic mass is 10.1. The van der Waals surface area contributed by atoms with Gasteiger partial charge in [0.1, 0.15) is 5.84 Å². The zero-order valence-electron chi connectivity index (χ0n) is 8.83. The van der Waals surface area contributed by atoms with Crippen molar-refractivity contribution in [2.75, 3.05) is 0 Å². The lowest BCUT2D eigenvalue weighted by Crippen LogP contribution is -2.49. The number of nitrogens with one attached hydrogen (secondary N) is 1. The van der Waals surface area contributed by atoms with Crippen LogP contribution in [0.3, 0.4) is 0 Å². The van der Waals surface area contributed by atoms with Crippen LogP contribution in [0.25, 0.3) is 0 Å². The molecule has 0 amide bonds. The minimum absolute atomic E-state index is 0.000605. The van der Waals surface area contributed by atoms with Gasteiger partial charge in [-0.1, -0.05) is 0 Å². The van der Waals surface area contributed by atoms with Gasteiger partial charge in [-0.05, 0) is 18.2 Å². The molecule has 0 radical (unpaired) electrons. The molecule has 5 N–H and O–H groups in total. The maximum Gasteiger partial charge on any atom is 0.269 e. The molecule has 1 atom stereocenters. The number of rotatable bonds is 2. The molecule has 1 heterocycles. The molecular formula is C10H11N5O2. The topological polar surface area (TPSA) is 120 Å². The molecule has 1 aliphatic rings. The number of nitrogens with zero attached hydrogens (tertiary/aromatic N) is 2. The molecule has 2 rings (SSSR count). The summed E-state index contributed by atoms with van der Waals surface area (Å²) < 4.78 is 0. The smallest absolute Gasteiger partial charge is 0.269 e. The Bertz CT molecular complexity index is 508. The van der Waals surface area contributed by atoms with E-state index in [0.717, 1.165) is 0 Å². The van der Waals surface area contributed by atoms with Crippen LogP contribution < -0.4 is 16.8 Å². The number of nitro groups is 1. The number of amidine groups is 1. The van der Waals surface area contributed by atoms with Gasteiger partial charge < -0.3 is 11.1 Å². The van der Waals surface area contributed by atoms with Crippen LogP contribution in [-0.4, -0.2) is 10.8 Å². The first-order valence-electron chi connectivity index (χ1n) is 4.85. The summed E-state index contributed by atoms with van der Waals surface area (Å²) in [7, 11) is 0. The van der Waals surface area contributed by atoms with Crippen LogP contribution in [0, 0.1) is 10.1 Å². The Balaban J connectivity index is 2.34. The van der Waals surface area contributed by atoms with Crippen molar-refractivity contribution < 1.29 is 4.92 Å². The predicted octanol–water partition coefficient (Wildman–Crippen LogP) is 0.138. The molecule has 0 spiro atoms. The molecule has 0 aromatic heterocycles. The number of aliphatic imine (C=N–C) groups is 1. The van der Waals surface area contributed by atoms with Crippen LogP contribution in [0.4, 0.5) is 5.69 Å². The van der Waals surface area contributed by atoms with Crippen molar-refractivity contribution in [2.24, 2.45) is 16.5 Å². The van der Waals surface area contributed by atoms with Crippen molar-refractivity contribution in [3.8, 4) is 0 Å². The van der Waals surface area contributed by atoms with Gasteiger partial charge in [-0.2, -0.15) is 0 Å². The molecule has 17 heavy (non-hydrogen) atoms. The predicted molar refractivity (Wildman–Crippen MR) is 62.9 cm³/mol. The fraction of sp³-hybridized carbons (Fsp3) is 0.100. The van der Waals surface area contributed by atoms with Crippen molar-refractivity contribution in [2.45, 2.75) is 5.79 Å². The summed E-state index contributed by atoms with van der Waals surface area (Å²) in [4.78, 5) is 14.1. The van der Waals surface area contributed by atoms with Gasteiger partial charge >= 0.3 is 0 Å². The number of non-ortho nitro benzene ring substituents is 1. The zero-order chi connectivity index (χ0) is 12.5. The van der Waals surface area contributed by atoms with E-state index in [1.807, 2.05) is 0 Å². The minimum atomic E-state index is -1.17. The van der Waals surface area contributed by atoms with Crippen molar-refractivity contribution in [3.63, 3.8) is 0 Å². The molecule has 0 aliphatic carbocycles. The second-order valence-corrected chi connectivity index (χ2v) is 3.58. The van der Waals surface area contributed by atoms with Gasteiger partial charge in [-0.25, -0.2) is 4.99 Å². The van der Waals surface area contributed by atoms with Crippen molar-refractivity contribution >= 4 is 11.5 Å². The SMILES string of the molecule is NC1=NC(N)(c2ccc([N+](=O)[O-])cc2)NC=C1. The van der Waals surface area contributed by atoms with Gasteiger partial charge in [0, 0.05) is 23.9 Å². The van der Waals surface area contributed by atoms with E-state index in [4.69, 9.17) is 11.5 Å².